The molecule has 1 heterocycles. The highest BCUT2D eigenvalue weighted by atomic mass is 19.1. The number of hydrogen-bond donors (Lipinski definition) is 2. The van der Waals surface area contributed by atoms with Gasteiger partial charge in [0.25, 0.3) is 0 Å². The van der Waals surface area contributed by atoms with E-state index in [1.54, 1.807) is 19.2 Å². The number of amides is 1. The van der Waals surface area contributed by atoms with Crippen molar-refractivity contribution in [2.24, 2.45) is 0 Å². The van der Waals surface area contributed by atoms with Crippen molar-refractivity contribution in [3.63, 3.8) is 0 Å². The number of anilines is 1. The summed E-state index contributed by atoms with van der Waals surface area (Å²) < 4.78 is 27.7. The third kappa shape index (κ3) is 2.99. The molecule has 2 aromatic rings. The first-order chi connectivity index (χ1) is 12.3. The van der Waals surface area contributed by atoms with Crippen molar-refractivity contribution in [3.05, 3.63) is 65.2 Å². The monoisotopic (exact) mass is 360 g/mol. The van der Waals surface area contributed by atoms with Crippen molar-refractivity contribution in [2.45, 2.75) is 31.4 Å². The fraction of sp³-hybridized carbons (Fsp3) is 0.350. The Kier molecular flexibility index (Phi) is 4.82. The van der Waals surface area contributed by atoms with Gasteiger partial charge < -0.3 is 15.3 Å². The maximum atomic E-state index is 13.8. The Bertz CT molecular complexity index is 818. The molecule has 2 N–H and O–H groups in total. The van der Waals surface area contributed by atoms with Crippen molar-refractivity contribution in [1.82, 2.24) is 5.32 Å². The van der Waals surface area contributed by atoms with Crippen LogP contribution < -0.4 is 10.2 Å². The number of nitrogens with zero attached hydrogens (tertiary/aromatic N) is 1. The number of hydrogen-bond acceptors (Lipinski definition) is 3. The molecule has 0 radical (unpaired) electrons. The van der Waals surface area contributed by atoms with E-state index in [2.05, 4.69) is 5.32 Å². The number of likely N-dealkylation sites (N-methyl/N-ethyl adjacent to an activating group) is 1. The maximum absolute atomic E-state index is 13.8. The van der Waals surface area contributed by atoms with E-state index in [0.717, 1.165) is 23.8 Å². The zero-order valence-corrected chi connectivity index (χ0v) is 15.0. The van der Waals surface area contributed by atoms with Crippen LogP contribution >= 0.6 is 0 Å². The smallest absolute Gasteiger partial charge is 0.237 e. The minimum atomic E-state index is -1.05. The Balaban J connectivity index is 2.18. The number of fused-ring (bicyclic) bond motifs is 1. The summed E-state index contributed by atoms with van der Waals surface area (Å²) in [5, 5.41) is 13.6. The zero-order chi connectivity index (χ0) is 19.1. The molecule has 2 atom stereocenters. The van der Waals surface area contributed by atoms with Gasteiger partial charge in [-0.25, -0.2) is 8.78 Å². The van der Waals surface area contributed by atoms with Crippen LogP contribution in [0.4, 0.5) is 14.5 Å². The third-order valence-electron chi connectivity index (χ3n) is 4.87. The molecule has 2 aromatic carbocycles. The summed E-state index contributed by atoms with van der Waals surface area (Å²) in [5.41, 5.74) is 0.891. The fourth-order valence-electron chi connectivity index (χ4n) is 3.62. The fourth-order valence-corrected chi connectivity index (χ4v) is 3.62. The largest absolute Gasteiger partial charge is 0.389 e. The highest BCUT2D eigenvalue weighted by Gasteiger charge is 2.48. The zero-order valence-electron chi connectivity index (χ0n) is 15.0. The second-order valence-corrected chi connectivity index (χ2v) is 7.09. The molecule has 0 saturated carbocycles. The number of rotatable bonds is 5. The van der Waals surface area contributed by atoms with Crippen LogP contribution in [0.5, 0.6) is 0 Å². The second kappa shape index (κ2) is 6.78. The van der Waals surface area contributed by atoms with Crippen molar-refractivity contribution in [3.8, 4) is 0 Å². The molecule has 6 heteroatoms. The molecule has 1 aliphatic rings. The Morgan fingerprint density at radius 3 is 2.38 bits per heavy atom. The Hall–Kier alpha value is -2.31. The van der Waals surface area contributed by atoms with E-state index < -0.39 is 29.2 Å². The predicted octanol–water partition coefficient (Wildman–Crippen LogP) is 2.91. The molecule has 3 rings (SSSR count). The van der Waals surface area contributed by atoms with Crippen LogP contribution in [-0.4, -0.2) is 30.7 Å². The molecular weight excluding hydrogens is 338 g/mol. The van der Waals surface area contributed by atoms with Gasteiger partial charge in [0.1, 0.15) is 11.6 Å². The van der Waals surface area contributed by atoms with Gasteiger partial charge >= 0.3 is 0 Å². The van der Waals surface area contributed by atoms with Gasteiger partial charge in [-0.05, 0) is 50.2 Å². The molecule has 0 bridgehead atoms. The van der Waals surface area contributed by atoms with Crippen LogP contribution in [0.25, 0.3) is 0 Å². The Morgan fingerprint density at radius 2 is 1.77 bits per heavy atom. The Labute approximate surface area is 151 Å². The highest BCUT2D eigenvalue weighted by Crippen LogP contribution is 2.46. The molecule has 26 heavy (non-hydrogen) atoms. The molecule has 0 spiro atoms. The number of nitrogens with one attached hydrogen (secondary N) is 1. The van der Waals surface area contributed by atoms with Gasteiger partial charge in [0.15, 0.2) is 0 Å². The minimum absolute atomic E-state index is 0.162. The summed E-state index contributed by atoms with van der Waals surface area (Å²) in [6, 6.07) is 9.48. The van der Waals surface area contributed by atoms with Gasteiger partial charge in [-0.15, -0.1) is 0 Å². The summed E-state index contributed by atoms with van der Waals surface area (Å²) in [4.78, 5) is 14.6. The molecule has 2 unspecified atom stereocenters. The van der Waals surface area contributed by atoms with Crippen LogP contribution in [0.15, 0.2) is 42.5 Å². The van der Waals surface area contributed by atoms with Crippen LogP contribution in [0.2, 0.25) is 0 Å². The first-order valence-corrected chi connectivity index (χ1v) is 8.49. The average molecular weight is 360 g/mol. The van der Waals surface area contributed by atoms with E-state index >= 15 is 0 Å². The van der Waals surface area contributed by atoms with Gasteiger partial charge in [0.05, 0.1) is 17.6 Å². The van der Waals surface area contributed by atoms with Gasteiger partial charge in [0, 0.05) is 18.3 Å². The van der Waals surface area contributed by atoms with Crippen molar-refractivity contribution < 1.29 is 18.7 Å². The van der Waals surface area contributed by atoms with E-state index in [1.165, 1.54) is 4.90 Å². The maximum Gasteiger partial charge on any atom is 0.237 e. The molecule has 4 nitrogen and oxygen atoms in total. The molecule has 138 valence electrons. The summed E-state index contributed by atoms with van der Waals surface area (Å²) >= 11 is 0. The first-order valence-electron chi connectivity index (χ1n) is 8.49. The summed E-state index contributed by atoms with van der Waals surface area (Å²) in [5.74, 6) is -1.72. The van der Waals surface area contributed by atoms with Gasteiger partial charge in [-0.1, -0.05) is 18.2 Å². The number of halogens is 2. The summed E-state index contributed by atoms with van der Waals surface area (Å²) in [6.45, 7) is 3.78. The standard InChI is InChI=1S/C20H22F2N2O2/c1-20(2)15-6-4-5-7-16(15)24(19(20)26)18(17(25)11-23-3)12-8-13(21)10-14(22)9-12/h4-10,17-18,23,25H,11H2,1-3H3. The van der Waals surface area contributed by atoms with E-state index in [4.69, 9.17) is 0 Å². The molecular formula is C20H22F2N2O2. The predicted molar refractivity (Wildman–Crippen MR) is 96.0 cm³/mol. The lowest BCUT2D eigenvalue weighted by atomic mass is 9.86. The van der Waals surface area contributed by atoms with Gasteiger partial charge in [-0.2, -0.15) is 0 Å². The lowest BCUT2D eigenvalue weighted by Gasteiger charge is -2.34. The summed E-state index contributed by atoms with van der Waals surface area (Å²) in [6.07, 6.45) is -1.05. The number of carbonyl (C=O) groups excluding carboxylic acids is 1. The van der Waals surface area contributed by atoms with Crippen molar-refractivity contribution in [1.29, 1.82) is 0 Å². The van der Waals surface area contributed by atoms with Gasteiger partial charge in [-0.3, -0.25) is 4.79 Å². The van der Waals surface area contributed by atoms with Crippen molar-refractivity contribution >= 4 is 11.6 Å². The molecule has 1 aliphatic heterocycles. The third-order valence-corrected chi connectivity index (χ3v) is 4.87. The molecule has 0 saturated heterocycles. The number of aliphatic hydroxyl groups is 1. The number of para-hydroxylation sites is 1. The van der Waals surface area contributed by atoms with Crippen molar-refractivity contribution in [2.75, 3.05) is 18.5 Å². The summed E-state index contributed by atoms with van der Waals surface area (Å²) in [7, 11) is 1.66. The van der Waals surface area contributed by atoms with E-state index in [-0.39, 0.29) is 18.0 Å². The van der Waals surface area contributed by atoms with Crippen LogP contribution in [0.3, 0.4) is 0 Å². The first kappa shape index (κ1) is 18.5. The molecule has 0 aromatic heterocycles. The SMILES string of the molecule is CNCC(O)C(c1cc(F)cc(F)c1)N1C(=O)C(C)(C)c2ccccc21. The number of aliphatic hydroxyl groups excluding tert-OH is 1. The second-order valence-electron chi connectivity index (χ2n) is 7.09. The van der Waals surface area contributed by atoms with E-state index in [9.17, 15) is 18.7 Å². The van der Waals surface area contributed by atoms with Crippen LogP contribution in [0.1, 0.15) is 31.0 Å². The molecule has 1 amide bonds. The highest BCUT2D eigenvalue weighted by molar-refractivity contribution is 6.08. The minimum Gasteiger partial charge on any atom is -0.389 e. The Morgan fingerprint density at radius 1 is 1.15 bits per heavy atom. The molecule has 0 aliphatic carbocycles. The van der Waals surface area contributed by atoms with Gasteiger partial charge in [0.2, 0.25) is 5.91 Å². The normalized spacial score (nSPS) is 17.9. The topological polar surface area (TPSA) is 52.6 Å². The lowest BCUT2D eigenvalue weighted by Crippen LogP contribution is -2.45. The van der Waals surface area contributed by atoms with Crippen LogP contribution in [-0.2, 0) is 10.2 Å². The quantitative estimate of drug-likeness (QED) is 0.862. The molecule has 0 fully saturated rings. The van der Waals surface area contributed by atoms with E-state index in [1.807, 2.05) is 26.0 Å². The van der Waals surface area contributed by atoms with Crippen LogP contribution in [0, 0.1) is 11.6 Å². The average Bonchev–Trinajstić information content (AvgIpc) is 2.76. The van der Waals surface area contributed by atoms with E-state index in [0.29, 0.717) is 5.69 Å². The lowest BCUT2D eigenvalue weighted by molar-refractivity contribution is -0.123. The number of benzene rings is 2. The number of carbonyl (C=O) groups is 1.